The number of carbonyl (C=O) groups is 1. The summed E-state index contributed by atoms with van der Waals surface area (Å²) in [5.74, 6) is 0. The van der Waals surface area contributed by atoms with Gasteiger partial charge in [0.05, 0.1) is 4.88 Å². The SMILES string of the molecule is Cc1ccc(-c2sc(N(C)C)nc2C=O)cc1. The average Bonchev–Trinajstić information content (AvgIpc) is 2.74. The molecule has 0 bridgehead atoms. The van der Waals surface area contributed by atoms with Crippen molar-refractivity contribution in [3.8, 4) is 10.4 Å². The van der Waals surface area contributed by atoms with E-state index in [-0.39, 0.29) is 0 Å². The molecule has 2 rings (SSSR count). The van der Waals surface area contributed by atoms with E-state index in [1.54, 1.807) is 0 Å². The van der Waals surface area contributed by atoms with Crippen molar-refractivity contribution in [2.24, 2.45) is 0 Å². The van der Waals surface area contributed by atoms with Gasteiger partial charge in [-0.15, -0.1) is 0 Å². The summed E-state index contributed by atoms with van der Waals surface area (Å²) in [6, 6.07) is 8.13. The van der Waals surface area contributed by atoms with Crippen LogP contribution in [0, 0.1) is 6.92 Å². The number of aryl methyl sites for hydroxylation is 1. The van der Waals surface area contributed by atoms with Gasteiger partial charge in [0.15, 0.2) is 11.4 Å². The largest absolute Gasteiger partial charge is 0.354 e. The summed E-state index contributed by atoms with van der Waals surface area (Å²) in [5.41, 5.74) is 2.77. The van der Waals surface area contributed by atoms with E-state index >= 15 is 0 Å². The Morgan fingerprint density at radius 2 is 1.88 bits per heavy atom. The lowest BCUT2D eigenvalue weighted by molar-refractivity contribution is 0.112. The van der Waals surface area contributed by atoms with Crippen LogP contribution >= 0.6 is 11.3 Å². The normalized spacial score (nSPS) is 10.3. The predicted molar refractivity (Wildman–Crippen MR) is 72.0 cm³/mol. The van der Waals surface area contributed by atoms with Crippen LogP contribution in [0.15, 0.2) is 24.3 Å². The zero-order valence-electron chi connectivity index (χ0n) is 10.1. The number of nitrogens with zero attached hydrogens (tertiary/aromatic N) is 2. The van der Waals surface area contributed by atoms with E-state index in [2.05, 4.69) is 4.98 Å². The second kappa shape index (κ2) is 4.67. The summed E-state index contributed by atoms with van der Waals surface area (Å²) < 4.78 is 0. The van der Waals surface area contributed by atoms with Gasteiger partial charge in [0.25, 0.3) is 0 Å². The molecule has 1 aromatic carbocycles. The second-order valence-electron chi connectivity index (χ2n) is 4.09. The molecular formula is C13H14N2OS. The fraction of sp³-hybridized carbons (Fsp3) is 0.231. The Bertz CT molecular complexity index is 529. The van der Waals surface area contributed by atoms with Gasteiger partial charge in [0.2, 0.25) is 0 Å². The van der Waals surface area contributed by atoms with E-state index in [4.69, 9.17) is 0 Å². The number of aromatic nitrogens is 1. The van der Waals surface area contributed by atoms with Gasteiger partial charge in [-0.1, -0.05) is 41.2 Å². The van der Waals surface area contributed by atoms with Crippen molar-refractivity contribution >= 4 is 22.8 Å². The molecule has 0 atom stereocenters. The Labute approximate surface area is 105 Å². The summed E-state index contributed by atoms with van der Waals surface area (Å²) in [6.07, 6.45) is 0.818. The molecule has 0 unspecified atom stereocenters. The topological polar surface area (TPSA) is 33.2 Å². The van der Waals surface area contributed by atoms with Crippen LogP contribution in [0.4, 0.5) is 5.13 Å². The van der Waals surface area contributed by atoms with E-state index in [0.29, 0.717) is 5.69 Å². The minimum absolute atomic E-state index is 0.516. The molecule has 0 saturated heterocycles. The smallest absolute Gasteiger partial charge is 0.186 e. The molecule has 0 saturated carbocycles. The zero-order valence-corrected chi connectivity index (χ0v) is 10.9. The van der Waals surface area contributed by atoms with E-state index in [1.807, 2.05) is 50.2 Å². The second-order valence-corrected chi connectivity index (χ2v) is 5.07. The summed E-state index contributed by atoms with van der Waals surface area (Å²) in [7, 11) is 3.85. The molecule has 1 heterocycles. The highest BCUT2D eigenvalue weighted by Crippen LogP contribution is 2.33. The number of hydrogen-bond donors (Lipinski definition) is 0. The number of anilines is 1. The Morgan fingerprint density at radius 1 is 1.24 bits per heavy atom. The van der Waals surface area contributed by atoms with Crippen LogP contribution in [-0.2, 0) is 0 Å². The molecule has 4 heteroatoms. The average molecular weight is 246 g/mol. The summed E-state index contributed by atoms with van der Waals surface area (Å²) in [5, 5.41) is 0.850. The quantitative estimate of drug-likeness (QED) is 0.781. The minimum atomic E-state index is 0.516. The van der Waals surface area contributed by atoms with E-state index in [1.165, 1.54) is 16.9 Å². The Hall–Kier alpha value is -1.68. The standard InChI is InChI=1S/C13H14N2OS/c1-9-4-6-10(7-5-9)12-11(8-16)14-13(17-12)15(2)3/h4-8H,1-3H3. The maximum Gasteiger partial charge on any atom is 0.186 e. The van der Waals surface area contributed by atoms with Crippen LogP contribution in [0.1, 0.15) is 16.1 Å². The first-order valence-electron chi connectivity index (χ1n) is 5.32. The maximum atomic E-state index is 11.0. The molecule has 0 radical (unpaired) electrons. The number of hydrogen-bond acceptors (Lipinski definition) is 4. The van der Waals surface area contributed by atoms with Crippen LogP contribution in [0.25, 0.3) is 10.4 Å². The third-order valence-electron chi connectivity index (χ3n) is 2.45. The number of rotatable bonds is 3. The predicted octanol–water partition coefficient (Wildman–Crippen LogP) is 3.00. The van der Waals surface area contributed by atoms with Crippen LogP contribution < -0.4 is 4.90 Å². The van der Waals surface area contributed by atoms with E-state index in [9.17, 15) is 4.79 Å². The van der Waals surface area contributed by atoms with Gasteiger partial charge < -0.3 is 4.90 Å². The lowest BCUT2D eigenvalue weighted by atomic mass is 10.1. The van der Waals surface area contributed by atoms with Crippen molar-refractivity contribution in [3.05, 3.63) is 35.5 Å². The first-order valence-corrected chi connectivity index (χ1v) is 6.14. The number of aldehydes is 1. The van der Waals surface area contributed by atoms with Gasteiger partial charge in [-0.05, 0) is 12.5 Å². The van der Waals surface area contributed by atoms with Crippen LogP contribution in [0.5, 0.6) is 0 Å². The van der Waals surface area contributed by atoms with Crippen LogP contribution in [0.2, 0.25) is 0 Å². The number of benzene rings is 1. The molecule has 2 aromatic rings. The van der Waals surface area contributed by atoms with Crippen molar-refractivity contribution in [2.75, 3.05) is 19.0 Å². The molecule has 0 amide bonds. The van der Waals surface area contributed by atoms with Crippen molar-refractivity contribution in [2.45, 2.75) is 6.92 Å². The highest BCUT2D eigenvalue weighted by Gasteiger charge is 2.13. The Balaban J connectivity index is 2.50. The molecule has 88 valence electrons. The van der Waals surface area contributed by atoms with E-state index in [0.717, 1.165) is 21.9 Å². The van der Waals surface area contributed by atoms with Gasteiger partial charge in [-0.2, -0.15) is 0 Å². The van der Waals surface area contributed by atoms with Crippen molar-refractivity contribution in [3.63, 3.8) is 0 Å². The highest BCUT2D eigenvalue weighted by molar-refractivity contribution is 7.19. The molecule has 0 N–H and O–H groups in total. The molecule has 3 nitrogen and oxygen atoms in total. The number of thiazole rings is 1. The summed E-state index contributed by atoms with van der Waals surface area (Å²) in [4.78, 5) is 18.2. The third-order valence-corrected chi connectivity index (χ3v) is 3.74. The van der Waals surface area contributed by atoms with Gasteiger partial charge in [-0.25, -0.2) is 4.98 Å². The molecule has 0 aliphatic heterocycles. The summed E-state index contributed by atoms with van der Waals surface area (Å²) in [6.45, 7) is 2.04. The minimum Gasteiger partial charge on any atom is -0.354 e. The van der Waals surface area contributed by atoms with Crippen molar-refractivity contribution in [1.29, 1.82) is 0 Å². The lowest BCUT2D eigenvalue weighted by Gasteiger charge is -2.05. The van der Waals surface area contributed by atoms with Gasteiger partial charge in [0, 0.05) is 14.1 Å². The molecule has 17 heavy (non-hydrogen) atoms. The van der Waals surface area contributed by atoms with Gasteiger partial charge >= 0.3 is 0 Å². The first-order chi connectivity index (χ1) is 8.11. The van der Waals surface area contributed by atoms with Crippen LogP contribution in [0.3, 0.4) is 0 Å². The molecular weight excluding hydrogens is 232 g/mol. The fourth-order valence-corrected chi connectivity index (χ4v) is 2.46. The highest BCUT2D eigenvalue weighted by atomic mass is 32.1. The fourth-order valence-electron chi connectivity index (χ4n) is 1.50. The number of carbonyl (C=O) groups excluding carboxylic acids is 1. The van der Waals surface area contributed by atoms with Crippen LogP contribution in [-0.4, -0.2) is 25.4 Å². The molecule has 0 spiro atoms. The Morgan fingerprint density at radius 3 is 2.41 bits per heavy atom. The third kappa shape index (κ3) is 2.36. The lowest BCUT2D eigenvalue weighted by Crippen LogP contribution is -2.07. The van der Waals surface area contributed by atoms with Crippen molar-refractivity contribution < 1.29 is 4.79 Å². The molecule has 0 aliphatic rings. The van der Waals surface area contributed by atoms with Gasteiger partial charge in [0.1, 0.15) is 5.69 Å². The van der Waals surface area contributed by atoms with Crippen molar-refractivity contribution in [1.82, 2.24) is 4.98 Å². The summed E-state index contributed by atoms with van der Waals surface area (Å²) >= 11 is 1.53. The molecule has 0 fully saturated rings. The molecule has 0 aliphatic carbocycles. The zero-order chi connectivity index (χ0) is 12.4. The monoisotopic (exact) mass is 246 g/mol. The van der Waals surface area contributed by atoms with Gasteiger partial charge in [-0.3, -0.25) is 4.79 Å². The molecule has 1 aromatic heterocycles. The Kier molecular flexibility index (Phi) is 3.24. The van der Waals surface area contributed by atoms with E-state index < -0.39 is 0 Å². The first kappa shape index (κ1) is 11.8. The maximum absolute atomic E-state index is 11.0.